The maximum absolute atomic E-state index is 5.80. The van der Waals surface area contributed by atoms with Gasteiger partial charge in [-0.2, -0.15) is 5.10 Å². The lowest BCUT2D eigenvalue weighted by molar-refractivity contribution is 0.482. The van der Waals surface area contributed by atoms with E-state index in [0.29, 0.717) is 5.69 Å². The van der Waals surface area contributed by atoms with Gasteiger partial charge in [0.15, 0.2) is 0 Å². The van der Waals surface area contributed by atoms with Crippen molar-refractivity contribution in [3.8, 4) is 11.5 Å². The van der Waals surface area contributed by atoms with Crippen LogP contribution in [-0.2, 0) is 0 Å². The van der Waals surface area contributed by atoms with Gasteiger partial charge in [-0.15, -0.1) is 0 Å². The SMILES string of the molecule is Nc1ccc(Oc2cccc(C=NNc3ccccc3)c2)cc1. The van der Waals surface area contributed by atoms with Crippen molar-refractivity contribution in [3.63, 3.8) is 0 Å². The zero-order chi connectivity index (χ0) is 15.9. The average Bonchev–Trinajstić information content (AvgIpc) is 2.58. The van der Waals surface area contributed by atoms with Crippen LogP contribution in [0.25, 0.3) is 0 Å². The number of hydrazone groups is 1. The first-order chi connectivity index (χ1) is 11.3. The quantitative estimate of drug-likeness (QED) is 0.414. The summed E-state index contributed by atoms with van der Waals surface area (Å²) in [6.07, 6.45) is 1.75. The third-order valence-electron chi connectivity index (χ3n) is 3.15. The molecule has 3 aromatic rings. The first kappa shape index (κ1) is 14.7. The van der Waals surface area contributed by atoms with E-state index in [1.165, 1.54) is 0 Å². The summed E-state index contributed by atoms with van der Waals surface area (Å²) in [6.45, 7) is 0. The highest BCUT2D eigenvalue weighted by molar-refractivity contribution is 5.80. The Labute approximate surface area is 135 Å². The van der Waals surface area contributed by atoms with Crippen molar-refractivity contribution in [2.75, 3.05) is 11.2 Å². The van der Waals surface area contributed by atoms with Gasteiger partial charge in [-0.05, 0) is 54.1 Å². The summed E-state index contributed by atoms with van der Waals surface area (Å²) < 4.78 is 5.80. The first-order valence-corrected chi connectivity index (χ1v) is 7.27. The lowest BCUT2D eigenvalue weighted by atomic mass is 10.2. The van der Waals surface area contributed by atoms with Crippen LogP contribution in [0.4, 0.5) is 11.4 Å². The molecule has 4 nitrogen and oxygen atoms in total. The van der Waals surface area contributed by atoms with E-state index >= 15 is 0 Å². The smallest absolute Gasteiger partial charge is 0.128 e. The van der Waals surface area contributed by atoms with Gasteiger partial charge in [-0.3, -0.25) is 5.43 Å². The Morgan fingerprint density at radius 2 is 1.61 bits per heavy atom. The molecule has 3 N–H and O–H groups in total. The van der Waals surface area contributed by atoms with Crippen LogP contribution >= 0.6 is 0 Å². The maximum Gasteiger partial charge on any atom is 0.128 e. The molecule has 0 unspecified atom stereocenters. The fourth-order valence-electron chi connectivity index (χ4n) is 2.02. The van der Waals surface area contributed by atoms with Gasteiger partial charge in [-0.25, -0.2) is 0 Å². The number of anilines is 2. The van der Waals surface area contributed by atoms with Gasteiger partial charge in [0.2, 0.25) is 0 Å². The minimum absolute atomic E-state index is 0.713. The van der Waals surface area contributed by atoms with E-state index in [4.69, 9.17) is 10.5 Å². The zero-order valence-corrected chi connectivity index (χ0v) is 12.5. The molecule has 0 amide bonds. The Morgan fingerprint density at radius 1 is 0.826 bits per heavy atom. The standard InChI is InChI=1S/C19H17N3O/c20-16-9-11-18(12-10-16)23-19-8-4-5-15(13-19)14-21-22-17-6-2-1-3-7-17/h1-14,22H,20H2. The lowest BCUT2D eigenvalue weighted by Gasteiger charge is -2.06. The van der Waals surface area contributed by atoms with E-state index in [9.17, 15) is 0 Å². The molecule has 0 aliphatic carbocycles. The molecule has 0 saturated heterocycles. The number of benzene rings is 3. The predicted octanol–water partition coefficient (Wildman–Crippen LogP) is 4.51. The number of hydrogen-bond acceptors (Lipinski definition) is 4. The van der Waals surface area contributed by atoms with Gasteiger partial charge in [-0.1, -0.05) is 30.3 Å². The molecule has 0 atom stereocenters. The van der Waals surface area contributed by atoms with Crippen LogP contribution in [0.15, 0.2) is 84.0 Å². The molecule has 0 aliphatic heterocycles. The monoisotopic (exact) mass is 303 g/mol. The molecule has 0 bridgehead atoms. The van der Waals surface area contributed by atoms with Crippen molar-refractivity contribution < 1.29 is 4.74 Å². The zero-order valence-electron chi connectivity index (χ0n) is 12.5. The fourth-order valence-corrected chi connectivity index (χ4v) is 2.02. The highest BCUT2D eigenvalue weighted by Crippen LogP contribution is 2.22. The lowest BCUT2D eigenvalue weighted by Crippen LogP contribution is -1.91. The second-order valence-electron chi connectivity index (χ2n) is 4.98. The third-order valence-corrected chi connectivity index (χ3v) is 3.15. The van der Waals surface area contributed by atoms with Gasteiger partial charge >= 0.3 is 0 Å². The van der Waals surface area contributed by atoms with E-state index in [1.54, 1.807) is 6.21 Å². The molecular weight excluding hydrogens is 286 g/mol. The van der Waals surface area contributed by atoms with Crippen molar-refractivity contribution in [1.29, 1.82) is 0 Å². The van der Waals surface area contributed by atoms with Gasteiger partial charge in [0.1, 0.15) is 11.5 Å². The van der Waals surface area contributed by atoms with Gasteiger partial charge in [0, 0.05) is 5.69 Å². The molecule has 0 fully saturated rings. The van der Waals surface area contributed by atoms with E-state index in [-0.39, 0.29) is 0 Å². The summed E-state index contributed by atoms with van der Waals surface area (Å²) in [5, 5.41) is 4.22. The second kappa shape index (κ2) is 7.13. The van der Waals surface area contributed by atoms with Gasteiger partial charge in [0.25, 0.3) is 0 Å². The summed E-state index contributed by atoms with van der Waals surface area (Å²) in [5.74, 6) is 1.49. The number of nitrogen functional groups attached to an aromatic ring is 1. The minimum atomic E-state index is 0.713. The van der Waals surface area contributed by atoms with Crippen LogP contribution in [0, 0.1) is 0 Å². The molecule has 0 radical (unpaired) electrons. The number of ether oxygens (including phenoxy) is 1. The van der Waals surface area contributed by atoms with Crippen molar-refractivity contribution in [3.05, 3.63) is 84.4 Å². The van der Waals surface area contributed by atoms with Crippen LogP contribution in [0.5, 0.6) is 11.5 Å². The predicted molar refractivity (Wildman–Crippen MR) is 95.0 cm³/mol. The number of nitrogens with one attached hydrogen (secondary N) is 1. The normalized spacial score (nSPS) is 10.6. The molecule has 0 heterocycles. The number of nitrogens with zero attached hydrogens (tertiary/aromatic N) is 1. The summed E-state index contributed by atoms with van der Waals surface area (Å²) in [4.78, 5) is 0. The van der Waals surface area contributed by atoms with Crippen LogP contribution < -0.4 is 15.9 Å². The van der Waals surface area contributed by atoms with E-state index < -0.39 is 0 Å². The van der Waals surface area contributed by atoms with E-state index in [1.807, 2.05) is 78.9 Å². The second-order valence-corrected chi connectivity index (χ2v) is 4.98. The Morgan fingerprint density at radius 3 is 2.39 bits per heavy atom. The highest BCUT2D eigenvalue weighted by Gasteiger charge is 1.98. The van der Waals surface area contributed by atoms with E-state index in [0.717, 1.165) is 22.7 Å². The summed E-state index contributed by atoms with van der Waals surface area (Å²) >= 11 is 0. The van der Waals surface area contributed by atoms with Gasteiger partial charge in [0.05, 0.1) is 11.9 Å². The molecule has 0 saturated carbocycles. The molecule has 3 rings (SSSR count). The highest BCUT2D eigenvalue weighted by atomic mass is 16.5. The van der Waals surface area contributed by atoms with Crippen molar-refractivity contribution in [1.82, 2.24) is 0 Å². The topological polar surface area (TPSA) is 59.6 Å². The molecular formula is C19H17N3O. The van der Waals surface area contributed by atoms with Gasteiger partial charge < -0.3 is 10.5 Å². The average molecular weight is 303 g/mol. The maximum atomic E-state index is 5.80. The molecule has 114 valence electrons. The molecule has 3 aromatic carbocycles. The van der Waals surface area contributed by atoms with Crippen LogP contribution in [0.2, 0.25) is 0 Å². The Kier molecular flexibility index (Phi) is 4.55. The summed E-state index contributed by atoms with van der Waals surface area (Å²) in [7, 11) is 0. The molecule has 0 spiro atoms. The summed E-state index contributed by atoms with van der Waals surface area (Å²) in [6, 6.07) is 24.8. The van der Waals surface area contributed by atoms with Crippen molar-refractivity contribution >= 4 is 17.6 Å². The summed E-state index contributed by atoms with van der Waals surface area (Å²) in [5.41, 5.74) is 11.3. The number of nitrogens with two attached hydrogens (primary N) is 1. The van der Waals surface area contributed by atoms with Crippen LogP contribution in [0.3, 0.4) is 0 Å². The van der Waals surface area contributed by atoms with Crippen LogP contribution in [-0.4, -0.2) is 6.21 Å². The first-order valence-electron chi connectivity index (χ1n) is 7.27. The fraction of sp³-hybridized carbons (Fsp3) is 0. The molecule has 0 aliphatic rings. The number of rotatable bonds is 5. The van der Waals surface area contributed by atoms with E-state index in [2.05, 4.69) is 10.5 Å². The number of hydrogen-bond donors (Lipinski definition) is 2. The number of para-hydroxylation sites is 1. The molecule has 4 heteroatoms. The van der Waals surface area contributed by atoms with Crippen molar-refractivity contribution in [2.24, 2.45) is 5.10 Å². The molecule has 23 heavy (non-hydrogen) atoms. The minimum Gasteiger partial charge on any atom is -0.457 e. The Hall–Kier alpha value is -3.27. The largest absolute Gasteiger partial charge is 0.457 e. The Bertz CT molecular complexity index is 783. The molecule has 0 aromatic heterocycles. The Balaban J connectivity index is 1.66. The van der Waals surface area contributed by atoms with Crippen LogP contribution in [0.1, 0.15) is 5.56 Å². The third kappa shape index (κ3) is 4.35. The van der Waals surface area contributed by atoms with Crippen molar-refractivity contribution in [2.45, 2.75) is 0 Å².